The molecule has 5 nitrogen and oxygen atoms in total. The Hall–Kier alpha value is -1.78. The molecule has 1 aromatic rings. The van der Waals surface area contributed by atoms with Crippen molar-refractivity contribution in [2.24, 2.45) is 16.3 Å². The van der Waals surface area contributed by atoms with Crippen LogP contribution in [0.1, 0.15) is 45.1 Å². The van der Waals surface area contributed by atoms with Crippen LogP contribution in [0.15, 0.2) is 23.5 Å². The minimum absolute atomic E-state index is 0.0960. The third-order valence-electron chi connectivity index (χ3n) is 4.80. The number of amidine groups is 1. The van der Waals surface area contributed by atoms with E-state index in [1.807, 2.05) is 12.1 Å². The molecule has 0 aromatic carbocycles. The molecule has 0 bridgehead atoms. The number of hydrogen-bond donors (Lipinski definition) is 2. The normalized spacial score (nSPS) is 19.1. The second kappa shape index (κ2) is 6.11. The summed E-state index contributed by atoms with van der Waals surface area (Å²) in [5.41, 5.74) is 6.70. The maximum atomic E-state index is 8.64. The Morgan fingerprint density at radius 3 is 2.45 bits per heavy atom. The second-order valence-electron chi connectivity index (χ2n) is 5.58. The first-order valence-corrected chi connectivity index (χ1v) is 7.33. The molecule has 1 aromatic heterocycles. The lowest BCUT2D eigenvalue weighted by atomic mass is 9.74. The van der Waals surface area contributed by atoms with Crippen LogP contribution in [0.4, 0.5) is 5.82 Å². The van der Waals surface area contributed by atoms with Gasteiger partial charge in [0.1, 0.15) is 5.82 Å². The number of nitrogens with two attached hydrogens (primary N) is 1. The van der Waals surface area contributed by atoms with Crippen LogP contribution >= 0.6 is 0 Å². The molecule has 0 saturated carbocycles. The smallest absolute Gasteiger partial charge is 0.171 e. The van der Waals surface area contributed by atoms with Crippen LogP contribution in [0.25, 0.3) is 0 Å². The number of rotatable bonds is 4. The van der Waals surface area contributed by atoms with Crippen LogP contribution < -0.4 is 10.6 Å². The van der Waals surface area contributed by atoms with Crippen molar-refractivity contribution in [2.75, 3.05) is 18.0 Å². The lowest BCUT2D eigenvalue weighted by Gasteiger charge is -2.41. The van der Waals surface area contributed by atoms with Crippen molar-refractivity contribution in [1.29, 1.82) is 0 Å². The number of anilines is 1. The van der Waals surface area contributed by atoms with Crippen molar-refractivity contribution >= 4 is 11.7 Å². The van der Waals surface area contributed by atoms with Crippen LogP contribution in [0.2, 0.25) is 0 Å². The van der Waals surface area contributed by atoms with Gasteiger partial charge in [0.05, 0.1) is 0 Å². The standard InChI is InChI=1S/C15H24N4O/c1-3-15(4-2)7-9-19(10-8-15)13-6-5-12(11-17-13)14(16)18-20/h5-6,11,20H,3-4,7-10H2,1-2H3,(H2,16,18). The maximum Gasteiger partial charge on any atom is 0.171 e. The third kappa shape index (κ3) is 2.86. The van der Waals surface area contributed by atoms with E-state index in [-0.39, 0.29) is 5.84 Å². The lowest BCUT2D eigenvalue weighted by Crippen LogP contribution is -2.40. The molecule has 1 aliphatic heterocycles. The number of aromatic nitrogens is 1. The molecule has 3 N–H and O–H groups in total. The molecule has 5 heteroatoms. The molecular formula is C15H24N4O. The van der Waals surface area contributed by atoms with Crippen molar-refractivity contribution in [2.45, 2.75) is 39.5 Å². The quantitative estimate of drug-likeness (QED) is 0.383. The lowest BCUT2D eigenvalue weighted by molar-refractivity contribution is 0.199. The van der Waals surface area contributed by atoms with Gasteiger partial charge in [-0.05, 0) is 30.4 Å². The fourth-order valence-corrected chi connectivity index (χ4v) is 2.95. The second-order valence-corrected chi connectivity index (χ2v) is 5.58. The number of hydrogen-bond acceptors (Lipinski definition) is 4. The van der Waals surface area contributed by atoms with E-state index in [1.54, 1.807) is 6.20 Å². The topological polar surface area (TPSA) is 74.7 Å². The highest BCUT2D eigenvalue weighted by molar-refractivity contribution is 5.96. The summed E-state index contributed by atoms with van der Waals surface area (Å²) in [7, 11) is 0. The molecule has 2 heterocycles. The van der Waals surface area contributed by atoms with Crippen molar-refractivity contribution in [3.05, 3.63) is 23.9 Å². The van der Waals surface area contributed by atoms with Crippen LogP contribution in [0.3, 0.4) is 0 Å². The van der Waals surface area contributed by atoms with E-state index >= 15 is 0 Å². The molecule has 20 heavy (non-hydrogen) atoms. The van der Waals surface area contributed by atoms with Crippen LogP contribution in [-0.4, -0.2) is 29.1 Å². The van der Waals surface area contributed by atoms with Crippen LogP contribution in [0.5, 0.6) is 0 Å². The van der Waals surface area contributed by atoms with Gasteiger partial charge in [0.25, 0.3) is 0 Å². The Balaban J connectivity index is 2.04. The van der Waals surface area contributed by atoms with E-state index in [2.05, 4.69) is 28.9 Å². The number of oxime groups is 1. The van der Waals surface area contributed by atoms with Gasteiger partial charge in [-0.1, -0.05) is 31.8 Å². The summed E-state index contributed by atoms with van der Waals surface area (Å²) in [6.45, 7) is 6.70. The van der Waals surface area contributed by atoms with Gasteiger partial charge in [0, 0.05) is 24.8 Å². The van der Waals surface area contributed by atoms with E-state index in [4.69, 9.17) is 10.9 Å². The molecule has 2 rings (SSSR count). The van der Waals surface area contributed by atoms with Crippen LogP contribution in [0, 0.1) is 5.41 Å². The van der Waals surface area contributed by atoms with Crippen LogP contribution in [-0.2, 0) is 0 Å². The SMILES string of the molecule is CCC1(CC)CCN(c2ccc(C(N)=NO)cn2)CC1. The summed E-state index contributed by atoms with van der Waals surface area (Å²) in [5, 5.41) is 11.6. The Labute approximate surface area is 120 Å². The Morgan fingerprint density at radius 1 is 1.35 bits per heavy atom. The first-order valence-electron chi connectivity index (χ1n) is 7.33. The fraction of sp³-hybridized carbons (Fsp3) is 0.600. The molecule has 0 atom stereocenters. The summed E-state index contributed by atoms with van der Waals surface area (Å²) in [4.78, 5) is 6.74. The Morgan fingerprint density at radius 2 is 2.00 bits per heavy atom. The average molecular weight is 276 g/mol. The Kier molecular flexibility index (Phi) is 4.47. The van der Waals surface area contributed by atoms with E-state index in [1.165, 1.54) is 25.7 Å². The zero-order chi connectivity index (χ0) is 14.6. The fourth-order valence-electron chi connectivity index (χ4n) is 2.95. The monoisotopic (exact) mass is 276 g/mol. The van der Waals surface area contributed by atoms with Gasteiger partial charge < -0.3 is 15.8 Å². The molecular weight excluding hydrogens is 252 g/mol. The highest BCUT2D eigenvalue weighted by atomic mass is 16.4. The summed E-state index contributed by atoms with van der Waals surface area (Å²) < 4.78 is 0. The minimum atomic E-state index is 0.0960. The molecule has 0 aliphatic carbocycles. The van der Waals surface area contributed by atoms with Crippen molar-refractivity contribution in [3.63, 3.8) is 0 Å². The number of nitrogens with zero attached hydrogens (tertiary/aromatic N) is 3. The first kappa shape index (κ1) is 14.6. The van der Waals surface area contributed by atoms with Gasteiger partial charge in [0.2, 0.25) is 0 Å². The van der Waals surface area contributed by atoms with Gasteiger partial charge in [-0.3, -0.25) is 0 Å². The highest BCUT2D eigenvalue weighted by Crippen LogP contribution is 2.38. The predicted octanol–water partition coefficient (Wildman–Crippen LogP) is 2.58. The first-order chi connectivity index (χ1) is 9.64. The molecule has 1 saturated heterocycles. The summed E-state index contributed by atoms with van der Waals surface area (Å²) >= 11 is 0. The van der Waals surface area contributed by atoms with Crippen molar-refractivity contribution < 1.29 is 5.21 Å². The van der Waals surface area contributed by atoms with Gasteiger partial charge in [-0.15, -0.1) is 0 Å². The summed E-state index contributed by atoms with van der Waals surface area (Å²) in [6.07, 6.45) is 6.62. The molecule has 0 amide bonds. The van der Waals surface area contributed by atoms with Gasteiger partial charge in [-0.25, -0.2) is 4.98 Å². The molecule has 1 aliphatic rings. The molecule has 110 valence electrons. The number of piperidine rings is 1. The maximum absolute atomic E-state index is 8.64. The van der Waals surface area contributed by atoms with Crippen molar-refractivity contribution in [1.82, 2.24) is 4.98 Å². The van der Waals surface area contributed by atoms with Gasteiger partial charge >= 0.3 is 0 Å². The van der Waals surface area contributed by atoms with E-state index < -0.39 is 0 Å². The van der Waals surface area contributed by atoms with Crippen molar-refractivity contribution in [3.8, 4) is 0 Å². The average Bonchev–Trinajstić information content (AvgIpc) is 2.54. The third-order valence-corrected chi connectivity index (χ3v) is 4.80. The zero-order valence-corrected chi connectivity index (χ0v) is 12.3. The molecule has 0 unspecified atom stereocenters. The van der Waals surface area contributed by atoms with E-state index in [9.17, 15) is 0 Å². The molecule has 0 spiro atoms. The van der Waals surface area contributed by atoms with E-state index in [0.29, 0.717) is 11.0 Å². The molecule has 0 radical (unpaired) electrons. The summed E-state index contributed by atoms with van der Waals surface area (Å²) in [5.74, 6) is 1.07. The van der Waals surface area contributed by atoms with Gasteiger partial charge in [-0.2, -0.15) is 0 Å². The number of pyridine rings is 1. The Bertz CT molecular complexity index is 455. The molecule has 1 fully saturated rings. The predicted molar refractivity (Wildman–Crippen MR) is 81.2 cm³/mol. The highest BCUT2D eigenvalue weighted by Gasteiger charge is 2.31. The van der Waals surface area contributed by atoms with Gasteiger partial charge in [0.15, 0.2) is 5.84 Å². The van der Waals surface area contributed by atoms with E-state index in [0.717, 1.165) is 18.9 Å². The zero-order valence-electron chi connectivity index (χ0n) is 12.3. The summed E-state index contributed by atoms with van der Waals surface area (Å²) in [6, 6.07) is 3.79. The largest absolute Gasteiger partial charge is 0.409 e. The minimum Gasteiger partial charge on any atom is -0.409 e.